The van der Waals surface area contributed by atoms with Gasteiger partial charge < -0.3 is 5.73 Å². The van der Waals surface area contributed by atoms with E-state index < -0.39 is 0 Å². The molecule has 2 N–H and O–H groups in total. The topological polar surface area (TPSA) is 32.5 Å². The first-order valence-electron chi connectivity index (χ1n) is 8.32. The SMILES string of the molecule is CC1CCC(CN)(N2CCC3CCC(C2)N3C)CC1. The van der Waals surface area contributed by atoms with E-state index in [4.69, 9.17) is 5.73 Å². The van der Waals surface area contributed by atoms with Gasteiger partial charge in [0, 0.05) is 37.3 Å². The largest absolute Gasteiger partial charge is 0.329 e. The highest BCUT2D eigenvalue weighted by molar-refractivity contribution is 5.00. The summed E-state index contributed by atoms with van der Waals surface area (Å²) >= 11 is 0. The van der Waals surface area contributed by atoms with E-state index in [1.807, 2.05) is 0 Å². The maximum Gasteiger partial charge on any atom is 0.0332 e. The van der Waals surface area contributed by atoms with Crippen LogP contribution in [-0.2, 0) is 0 Å². The molecule has 3 nitrogen and oxygen atoms in total. The van der Waals surface area contributed by atoms with Crippen molar-refractivity contribution in [3.05, 3.63) is 0 Å². The van der Waals surface area contributed by atoms with Gasteiger partial charge in [-0.25, -0.2) is 0 Å². The molecule has 0 radical (unpaired) electrons. The predicted octanol–water partition coefficient (Wildman–Crippen LogP) is 2.06. The molecule has 3 aliphatic rings. The Morgan fingerprint density at radius 1 is 1.05 bits per heavy atom. The van der Waals surface area contributed by atoms with Crippen molar-refractivity contribution >= 4 is 0 Å². The van der Waals surface area contributed by atoms with Crippen LogP contribution in [0.5, 0.6) is 0 Å². The summed E-state index contributed by atoms with van der Waals surface area (Å²) in [5, 5.41) is 0. The molecule has 0 aromatic rings. The Bertz CT molecular complexity index is 309. The van der Waals surface area contributed by atoms with Crippen LogP contribution in [0.15, 0.2) is 0 Å². The molecule has 3 fully saturated rings. The molecule has 2 aliphatic heterocycles. The van der Waals surface area contributed by atoms with E-state index in [9.17, 15) is 0 Å². The van der Waals surface area contributed by atoms with Crippen LogP contribution < -0.4 is 5.73 Å². The van der Waals surface area contributed by atoms with Gasteiger partial charge in [0.05, 0.1) is 0 Å². The number of nitrogens with zero attached hydrogens (tertiary/aromatic N) is 2. The molecule has 19 heavy (non-hydrogen) atoms. The van der Waals surface area contributed by atoms with Crippen LogP contribution in [0.2, 0.25) is 0 Å². The average Bonchev–Trinajstić information content (AvgIpc) is 2.65. The summed E-state index contributed by atoms with van der Waals surface area (Å²) in [5.41, 5.74) is 6.57. The van der Waals surface area contributed by atoms with Gasteiger partial charge >= 0.3 is 0 Å². The summed E-state index contributed by atoms with van der Waals surface area (Å²) in [4.78, 5) is 5.44. The maximum atomic E-state index is 6.24. The van der Waals surface area contributed by atoms with Gasteiger partial charge in [0.1, 0.15) is 0 Å². The van der Waals surface area contributed by atoms with Gasteiger partial charge in [-0.1, -0.05) is 6.92 Å². The third-order valence-corrected chi connectivity index (χ3v) is 6.40. The van der Waals surface area contributed by atoms with Crippen LogP contribution in [-0.4, -0.2) is 54.1 Å². The summed E-state index contributed by atoms with van der Waals surface area (Å²) in [5.74, 6) is 0.908. The Kier molecular flexibility index (Phi) is 3.89. The second-order valence-corrected chi connectivity index (χ2v) is 7.40. The van der Waals surface area contributed by atoms with E-state index in [2.05, 4.69) is 23.8 Å². The predicted molar refractivity (Wildman–Crippen MR) is 80.2 cm³/mol. The lowest BCUT2D eigenvalue weighted by Gasteiger charge is -2.48. The molecule has 0 aromatic heterocycles. The van der Waals surface area contributed by atoms with E-state index >= 15 is 0 Å². The Hall–Kier alpha value is -0.120. The minimum absolute atomic E-state index is 0.331. The minimum atomic E-state index is 0.331. The molecule has 2 saturated heterocycles. The lowest BCUT2D eigenvalue weighted by atomic mass is 9.75. The van der Waals surface area contributed by atoms with Crippen LogP contribution in [0.25, 0.3) is 0 Å². The van der Waals surface area contributed by atoms with Crippen molar-refractivity contribution in [2.75, 3.05) is 26.7 Å². The van der Waals surface area contributed by atoms with Gasteiger partial charge in [-0.05, 0) is 57.9 Å². The zero-order chi connectivity index (χ0) is 13.5. The number of likely N-dealkylation sites (N-methyl/N-ethyl adjacent to an activating group) is 1. The molecule has 1 saturated carbocycles. The monoisotopic (exact) mass is 265 g/mol. The van der Waals surface area contributed by atoms with Crippen molar-refractivity contribution in [3.8, 4) is 0 Å². The van der Waals surface area contributed by atoms with Gasteiger partial charge in [-0.2, -0.15) is 0 Å². The molecular formula is C16H31N3. The van der Waals surface area contributed by atoms with E-state index in [0.717, 1.165) is 24.5 Å². The molecule has 2 heterocycles. The van der Waals surface area contributed by atoms with Gasteiger partial charge in [-0.3, -0.25) is 9.80 Å². The van der Waals surface area contributed by atoms with E-state index in [1.165, 1.54) is 58.0 Å². The Morgan fingerprint density at radius 3 is 2.42 bits per heavy atom. The highest BCUT2D eigenvalue weighted by atomic mass is 15.3. The minimum Gasteiger partial charge on any atom is -0.329 e. The molecule has 2 bridgehead atoms. The normalized spacial score (nSPS) is 45.3. The number of hydrogen-bond donors (Lipinski definition) is 1. The van der Waals surface area contributed by atoms with Crippen molar-refractivity contribution < 1.29 is 0 Å². The quantitative estimate of drug-likeness (QED) is 0.829. The zero-order valence-corrected chi connectivity index (χ0v) is 12.8. The third-order valence-electron chi connectivity index (χ3n) is 6.40. The smallest absolute Gasteiger partial charge is 0.0332 e. The van der Waals surface area contributed by atoms with Gasteiger partial charge in [0.15, 0.2) is 0 Å². The standard InChI is InChI=1S/C16H31N3/c1-13-5-8-16(12-17,9-6-13)19-10-7-14-3-4-15(11-19)18(14)2/h13-15H,3-12,17H2,1-2H3. The van der Waals surface area contributed by atoms with Gasteiger partial charge in [0.2, 0.25) is 0 Å². The van der Waals surface area contributed by atoms with Crippen LogP contribution in [0.3, 0.4) is 0 Å². The first-order chi connectivity index (χ1) is 9.14. The molecule has 0 aromatic carbocycles. The van der Waals surface area contributed by atoms with Crippen LogP contribution >= 0.6 is 0 Å². The van der Waals surface area contributed by atoms with Gasteiger partial charge in [-0.15, -0.1) is 0 Å². The van der Waals surface area contributed by atoms with Crippen LogP contribution in [0.4, 0.5) is 0 Å². The molecule has 2 atom stereocenters. The third kappa shape index (κ3) is 2.45. The Labute approximate surface area is 118 Å². The average molecular weight is 265 g/mol. The van der Waals surface area contributed by atoms with Crippen LogP contribution in [0.1, 0.15) is 51.9 Å². The number of rotatable bonds is 2. The van der Waals surface area contributed by atoms with E-state index in [0.29, 0.717) is 5.54 Å². The van der Waals surface area contributed by atoms with E-state index in [-0.39, 0.29) is 0 Å². The Balaban J connectivity index is 1.73. The number of likely N-dealkylation sites (tertiary alicyclic amines) is 1. The molecule has 0 spiro atoms. The first kappa shape index (κ1) is 13.8. The lowest BCUT2D eigenvalue weighted by molar-refractivity contribution is 0.0376. The highest BCUT2D eigenvalue weighted by Crippen LogP contribution is 2.39. The summed E-state index contributed by atoms with van der Waals surface area (Å²) < 4.78 is 0. The molecule has 110 valence electrons. The molecule has 1 aliphatic carbocycles. The summed E-state index contributed by atoms with van der Waals surface area (Å²) in [6.45, 7) is 5.80. The fourth-order valence-corrected chi connectivity index (χ4v) is 4.69. The number of fused-ring (bicyclic) bond motifs is 2. The van der Waals surface area contributed by atoms with Crippen molar-refractivity contribution in [1.82, 2.24) is 9.80 Å². The van der Waals surface area contributed by atoms with Gasteiger partial charge in [0.25, 0.3) is 0 Å². The van der Waals surface area contributed by atoms with Crippen molar-refractivity contribution in [1.29, 1.82) is 0 Å². The van der Waals surface area contributed by atoms with Crippen molar-refractivity contribution in [2.24, 2.45) is 11.7 Å². The van der Waals surface area contributed by atoms with Crippen molar-refractivity contribution in [2.45, 2.75) is 69.5 Å². The highest BCUT2D eigenvalue weighted by Gasteiger charge is 2.43. The van der Waals surface area contributed by atoms with Crippen LogP contribution in [0, 0.1) is 5.92 Å². The zero-order valence-electron chi connectivity index (χ0n) is 12.8. The fraction of sp³-hybridized carbons (Fsp3) is 1.00. The molecule has 0 amide bonds. The van der Waals surface area contributed by atoms with E-state index in [1.54, 1.807) is 0 Å². The summed E-state index contributed by atoms with van der Waals surface area (Å²) in [7, 11) is 2.34. The number of nitrogens with two attached hydrogens (primary N) is 1. The lowest BCUT2D eigenvalue weighted by Crippen LogP contribution is -2.57. The number of hydrogen-bond acceptors (Lipinski definition) is 3. The second-order valence-electron chi connectivity index (χ2n) is 7.40. The second kappa shape index (κ2) is 5.34. The fourth-order valence-electron chi connectivity index (χ4n) is 4.69. The first-order valence-corrected chi connectivity index (χ1v) is 8.32. The maximum absolute atomic E-state index is 6.24. The summed E-state index contributed by atoms with van der Waals surface area (Å²) in [6, 6.07) is 1.63. The Morgan fingerprint density at radius 2 is 1.74 bits per heavy atom. The molecule has 2 unspecified atom stereocenters. The molecule has 3 rings (SSSR count). The summed E-state index contributed by atoms with van der Waals surface area (Å²) in [6.07, 6.45) is 9.56. The van der Waals surface area contributed by atoms with Crippen molar-refractivity contribution in [3.63, 3.8) is 0 Å². The molecular weight excluding hydrogens is 234 g/mol. The molecule has 3 heteroatoms.